The molecule has 1 amide bonds. The maximum absolute atomic E-state index is 11.4. The van der Waals surface area contributed by atoms with Crippen LogP contribution in [-0.4, -0.2) is 38.9 Å². The second-order valence-corrected chi connectivity index (χ2v) is 7.57. The van der Waals surface area contributed by atoms with E-state index in [2.05, 4.69) is 16.8 Å². The molecule has 1 fully saturated rings. The van der Waals surface area contributed by atoms with Crippen molar-refractivity contribution in [2.24, 2.45) is 0 Å². The Morgan fingerprint density at radius 1 is 1.24 bits per heavy atom. The number of sulfone groups is 1. The van der Waals surface area contributed by atoms with E-state index in [-0.39, 0.29) is 17.4 Å². The third kappa shape index (κ3) is 4.32. The van der Waals surface area contributed by atoms with Gasteiger partial charge in [-0.1, -0.05) is 18.7 Å². The molecule has 1 aliphatic rings. The summed E-state index contributed by atoms with van der Waals surface area (Å²) in [6.45, 7) is 6.79. The van der Waals surface area contributed by atoms with Crippen LogP contribution in [0.4, 0.5) is 5.69 Å². The molecule has 0 radical (unpaired) electrons. The Hall–Kier alpha value is -1.82. The predicted octanol–water partition coefficient (Wildman–Crippen LogP) is 1.11. The summed E-state index contributed by atoms with van der Waals surface area (Å²) in [5, 5.41) is 2.78. The summed E-state index contributed by atoms with van der Waals surface area (Å²) in [7, 11) is -2.86. The second kappa shape index (κ2) is 6.30. The van der Waals surface area contributed by atoms with Crippen molar-refractivity contribution in [1.29, 1.82) is 0 Å². The lowest BCUT2D eigenvalue weighted by atomic mass is 10.2. The zero-order valence-corrected chi connectivity index (χ0v) is 12.9. The fourth-order valence-corrected chi connectivity index (χ4v) is 3.33. The lowest BCUT2D eigenvalue weighted by Gasteiger charge is -2.28. The number of nitrogens with one attached hydrogen (secondary N) is 1. The Labute approximate surface area is 125 Å². The number of hydrogen-bond acceptors (Lipinski definition) is 4. The smallest absolute Gasteiger partial charge is 0.246 e. The monoisotopic (exact) mass is 308 g/mol. The van der Waals surface area contributed by atoms with Crippen molar-refractivity contribution in [1.82, 2.24) is 5.32 Å². The van der Waals surface area contributed by atoms with Gasteiger partial charge in [-0.15, -0.1) is 0 Å². The highest BCUT2D eigenvalue weighted by Crippen LogP contribution is 2.18. The molecule has 114 valence electrons. The number of benzene rings is 1. The molecule has 1 aliphatic heterocycles. The molecule has 5 nitrogen and oxygen atoms in total. The van der Waals surface area contributed by atoms with Gasteiger partial charge in [-0.3, -0.25) is 4.79 Å². The molecule has 0 bridgehead atoms. The van der Waals surface area contributed by atoms with Gasteiger partial charge in [0.15, 0.2) is 9.84 Å². The lowest BCUT2D eigenvalue weighted by molar-refractivity contribution is -0.117. The van der Waals surface area contributed by atoms with Crippen molar-refractivity contribution in [3.63, 3.8) is 0 Å². The van der Waals surface area contributed by atoms with Crippen LogP contribution in [0.5, 0.6) is 0 Å². The molecule has 0 spiro atoms. The Morgan fingerprint density at radius 2 is 1.81 bits per heavy atom. The number of rotatable bonds is 4. The average Bonchev–Trinajstić information content (AvgIpc) is 2.45. The van der Waals surface area contributed by atoms with E-state index in [4.69, 9.17) is 0 Å². The number of nitrogens with zero attached hydrogens (tertiary/aromatic N) is 1. The van der Waals surface area contributed by atoms with E-state index in [0.717, 1.165) is 11.3 Å². The first kappa shape index (κ1) is 15.6. The third-order valence-electron chi connectivity index (χ3n) is 3.49. The van der Waals surface area contributed by atoms with Crippen LogP contribution in [0.15, 0.2) is 36.4 Å². The van der Waals surface area contributed by atoms with Crippen molar-refractivity contribution in [2.75, 3.05) is 29.5 Å². The quantitative estimate of drug-likeness (QED) is 0.846. The number of carbonyl (C=O) groups excluding carboxylic acids is 1. The maximum Gasteiger partial charge on any atom is 0.246 e. The van der Waals surface area contributed by atoms with Gasteiger partial charge in [0.25, 0.3) is 0 Å². The molecule has 6 heteroatoms. The first-order valence-corrected chi connectivity index (χ1v) is 8.67. The summed E-state index contributed by atoms with van der Waals surface area (Å²) >= 11 is 0. The van der Waals surface area contributed by atoms with Crippen molar-refractivity contribution in [3.05, 3.63) is 42.0 Å². The Kier molecular flexibility index (Phi) is 4.67. The number of hydrogen-bond donors (Lipinski definition) is 1. The highest BCUT2D eigenvalue weighted by molar-refractivity contribution is 7.91. The van der Waals surface area contributed by atoms with Crippen molar-refractivity contribution in [3.8, 4) is 0 Å². The molecule has 0 unspecified atom stereocenters. The van der Waals surface area contributed by atoms with Gasteiger partial charge in [0, 0.05) is 30.9 Å². The maximum atomic E-state index is 11.4. The molecule has 0 atom stereocenters. The van der Waals surface area contributed by atoms with Gasteiger partial charge < -0.3 is 10.2 Å². The molecular weight excluding hydrogens is 288 g/mol. The van der Waals surface area contributed by atoms with Gasteiger partial charge in [0.1, 0.15) is 0 Å². The topological polar surface area (TPSA) is 66.5 Å². The van der Waals surface area contributed by atoms with Crippen LogP contribution in [0.25, 0.3) is 0 Å². The molecule has 0 saturated carbocycles. The zero-order chi connectivity index (χ0) is 15.5. The Bertz CT molecular complexity index is 621. The number of carbonyl (C=O) groups is 1. The second-order valence-electron chi connectivity index (χ2n) is 5.27. The number of anilines is 1. The van der Waals surface area contributed by atoms with Crippen molar-refractivity contribution in [2.45, 2.75) is 13.5 Å². The van der Waals surface area contributed by atoms with Crippen LogP contribution in [0.3, 0.4) is 0 Å². The minimum Gasteiger partial charge on any atom is -0.369 e. The van der Waals surface area contributed by atoms with E-state index in [1.807, 2.05) is 24.3 Å². The van der Waals surface area contributed by atoms with Crippen LogP contribution >= 0.6 is 0 Å². The molecule has 2 rings (SSSR count). The van der Waals surface area contributed by atoms with Gasteiger partial charge in [0.2, 0.25) is 5.91 Å². The SMILES string of the molecule is C=C(C)C(=O)NCc1ccc(N2CCS(=O)(=O)CC2)cc1. The van der Waals surface area contributed by atoms with E-state index in [1.165, 1.54) is 0 Å². The summed E-state index contributed by atoms with van der Waals surface area (Å²) in [6, 6.07) is 7.80. The minimum atomic E-state index is -2.86. The normalized spacial score (nSPS) is 17.3. The number of amides is 1. The summed E-state index contributed by atoms with van der Waals surface area (Å²) in [4.78, 5) is 13.5. The van der Waals surface area contributed by atoms with Crippen molar-refractivity contribution >= 4 is 21.4 Å². The first-order chi connectivity index (χ1) is 9.87. The van der Waals surface area contributed by atoms with Gasteiger partial charge in [-0.2, -0.15) is 0 Å². The molecule has 1 aromatic rings. The van der Waals surface area contributed by atoms with Gasteiger partial charge in [-0.25, -0.2) is 8.42 Å². The van der Waals surface area contributed by atoms with Crippen LogP contribution in [0.2, 0.25) is 0 Å². The summed E-state index contributed by atoms with van der Waals surface area (Å²) < 4.78 is 22.8. The predicted molar refractivity (Wildman–Crippen MR) is 84.0 cm³/mol. The summed E-state index contributed by atoms with van der Waals surface area (Å²) in [5.74, 6) is 0.271. The van der Waals surface area contributed by atoms with Gasteiger partial charge >= 0.3 is 0 Å². The first-order valence-electron chi connectivity index (χ1n) is 6.85. The standard InChI is InChI=1S/C15H20N2O3S/c1-12(2)15(18)16-11-13-3-5-14(6-4-13)17-7-9-21(19,20)10-8-17/h3-6H,1,7-11H2,2H3,(H,16,18). The van der Waals surface area contributed by atoms with Gasteiger partial charge in [-0.05, 0) is 24.6 Å². The summed E-state index contributed by atoms with van der Waals surface area (Å²) in [5.41, 5.74) is 2.50. The van der Waals surface area contributed by atoms with Crippen molar-refractivity contribution < 1.29 is 13.2 Å². The molecule has 21 heavy (non-hydrogen) atoms. The zero-order valence-electron chi connectivity index (χ0n) is 12.1. The minimum absolute atomic E-state index is 0.152. The average molecular weight is 308 g/mol. The van der Waals surface area contributed by atoms with Crippen LogP contribution in [0.1, 0.15) is 12.5 Å². The fourth-order valence-electron chi connectivity index (χ4n) is 2.13. The molecule has 1 heterocycles. The molecule has 1 N–H and O–H groups in total. The van der Waals surface area contributed by atoms with Crippen LogP contribution < -0.4 is 10.2 Å². The van der Waals surface area contributed by atoms with E-state index < -0.39 is 9.84 Å². The summed E-state index contributed by atoms with van der Waals surface area (Å²) in [6.07, 6.45) is 0. The van der Waals surface area contributed by atoms with E-state index in [1.54, 1.807) is 6.92 Å². The molecule has 0 aromatic heterocycles. The van der Waals surface area contributed by atoms with E-state index >= 15 is 0 Å². The van der Waals surface area contributed by atoms with E-state index in [0.29, 0.717) is 25.2 Å². The molecule has 0 aliphatic carbocycles. The molecule has 1 aromatic carbocycles. The van der Waals surface area contributed by atoms with Crippen LogP contribution in [-0.2, 0) is 21.2 Å². The Balaban J connectivity index is 1.93. The Morgan fingerprint density at radius 3 is 2.33 bits per heavy atom. The van der Waals surface area contributed by atoms with Gasteiger partial charge in [0.05, 0.1) is 11.5 Å². The molecular formula is C15H20N2O3S. The molecule has 1 saturated heterocycles. The fraction of sp³-hybridized carbons (Fsp3) is 0.400. The lowest BCUT2D eigenvalue weighted by Crippen LogP contribution is -2.40. The van der Waals surface area contributed by atoms with Crippen LogP contribution in [0, 0.1) is 0 Å². The highest BCUT2D eigenvalue weighted by Gasteiger charge is 2.21. The largest absolute Gasteiger partial charge is 0.369 e. The highest BCUT2D eigenvalue weighted by atomic mass is 32.2. The van der Waals surface area contributed by atoms with E-state index in [9.17, 15) is 13.2 Å². The third-order valence-corrected chi connectivity index (χ3v) is 5.10.